The van der Waals surface area contributed by atoms with Crippen molar-refractivity contribution < 1.29 is 9.53 Å². The molecule has 0 heterocycles. The lowest BCUT2D eigenvalue weighted by molar-refractivity contribution is -0.154. The van der Waals surface area contributed by atoms with Crippen LogP contribution in [0.4, 0.5) is 0 Å². The molecule has 0 aliphatic heterocycles. The highest BCUT2D eigenvalue weighted by Crippen LogP contribution is 2.38. The van der Waals surface area contributed by atoms with Gasteiger partial charge in [-0.1, -0.05) is 91.2 Å². The molecular formula is C24H46O2. The van der Waals surface area contributed by atoms with Crippen LogP contribution < -0.4 is 0 Å². The Morgan fingerprint density at radius 3 is 2.00 bits per heavy atom. The molecule has 0 rings (SSSR count). The summed E-state index contributed by atoms with van der Waals surface area (Å²) in [5, 5.41) is 0. The molecule has 2 nitrogen and oxygen atoms in total. The lowest BCUT2D eigenvalue weighted by Crippen LogP contribution is -2.32. The molecule has 0 aromatic rings. The molecule has 0 bridgehead atoms. The molecule has 0 N–H and O–H groups in total. The van der Waals surface area contributed by atoms with Crippen LogP contribution in [0.5, 0.6) is 0 Å². The van der Waals surface area contributed by atoms with E-state index < -0.39 is 5.41 Å². The Bertz CT molecular complexity index is 380. The van der Waals surface area contributed by atoms with Crippen LogP contribution in [0.15, 0.2) is 12.2 Å². The van der Waals surface area contributed by atoms with Gasteiger partial charge in [-0.25, -0.2) is 0 Å². The van der Waals surface area contributed by atoms with Crippen molar-refractivity contribution in [3.8, 4) is 0 Å². The third-order valence-electron chi connectivity index (χ3n) is 5.13. The molecule has 0 unspecified atom stereocenters. The summed E-state index contributed by atoms with van der Waals surface area (Å²) in [4.78, 5) is 12.5. The van der Waals surface area contributed by atoms with Gasteiger partial charge < -0.3 is 4.74 Å². The zero-order chi connectivity index (χ0) is 19.9. The van der Waals surface area contributed by atoms with E-state index in [1.807, 2.05) is 19.9 Å². The van der Waals surface area contributed by atoms with Gasteiger partial charge in [0.2, 0.25) is 0 Å². The number of ether oxygens (including phenoxy) is 1. The first-order valence-corrected chi connectivity index (χ1v) is 11.1. The van der Waals surface area contributed by atoms with Crippen LogP contribution in [0.2, 0.25) is 0 Å². The highest BCUT2D eigenvalue weighted by molar-refractivity contribution is 5.76. The normalized spacial score (nSPS) is 12.7. The molecule has 154 valence electrons. The molecular weight excluding hydrogens is 320 g/mol. The molecule has 2 heteroatoms. The third-order valence-corrected chi connectivity index (χ3v) is 5.13. The van der Waals surface area contributed by atoms with Crippen LogP contribution in [0, 0.1) is 10.8 Å². The van der Waals surface area contributed by atoms with Gasteiger partial charge in [0.15, 0.2) is 0 Å². The Kier molecular flexibility index (Phi) is 13.9. The van der Waals surface area contributed by atoms with E-state index in [1.165, 1.54) is 64.2 Å². The van der Waals surface area contributed by atoms with Crippen LogP contribution in [-0.2, 0) is 9.53 Å². The summed E-state index contributed by atoms with van der Waals surface area (Å²) < 4.78 is 5.51. The Hall–Kier alpha value is -0.790. The number of allylic oxidation sites excluding steroid dienone is 1. The molecule has 26 heavy (non-hydrogen) atoms. The van der Waals surface area contributed by atoms with Crippen LogP contribution in [0.1, 0.15) is 119 Å². The van der Waals surface area contributed by atoms with Crippen molar-refractivity contribution >= 4 is 5.97 Å². The number of unbranched alkanes of at least 4 members (excludes halogenated alkanes) is 8. The van der Waals surface area contributed by atoms with E-state index in [0.717, 1.165) is 12.8 Å². The number of carbonyl (C=O) groups excluding carboxylic acids is 1. The second-order valence-corrected chi connectivity index (χ2v) is 9.31. The summed E-state index contributed by atoms with van der Waals surface area (Å²) in [5.74, 6) is -0.0628. The molecule has 0 amide bonds. The zero-order valence-corrected chi connectivity index (χ0v) is 18.7. The maximum atomic E-state index is 12.5. The molecule has 0 radical (unpaired) electrons. The minimum Gasteiger partial charge on any atom is -0.461 e. The van der Waals surface area contributed by atoms with Gasteiger partial charge in [-0.3, -0.25) is 4.79 Å². The van der Waals surface area contributed by atoms with E-state index in [0.29, 0.717) is 6.61 Å². The van der Waals surface area contributed by atoms with Crippen molar-refractivity contribution in [2.45, 2.75) is 119 Å². The Labute approximate surface area is 164 Å². The smallest absolute Gasteiger partial charge is 0.311 e. The van der Waals surface area contributed by atoms with E-state index in [2.05, 4.69) is 33.8 Å². The molecule has 0 saturated carbocycles. The average Bonchev–Trinajstić information content (AvgIpc) is 2.55. The molecule has 0 aromatic carbocycles. The van der Waals surface area contributed by atoms with Crippen molar-refractivity contribution in [2.24, 2.45) is 10.8 Å². The number of carbonyl (C=O) groups is 1. The van der Waals surface area contributed by atoms with Crippen molar-refractivity contribution in [2.75, 3.05) is 6.61 Å². The first-order chi connectivity index (χ1) is 12.2. The summed E-state index contributed by atoms with van der Waals surface area (Å²) >= 11 is 0. The highest BCUT2D eigenvalue weighted by atomic mass is 16.5. The van der Waals surface area contributed by atoms with Crippen molar-refractivity contribution in [1.29, 1.82) is 0 Å². The molecule has 0 aromatic heterocycles. The minimum atomic E-state index is -0.415. The van der Waals surface area contributed by atoms with Gasteiger partial charge in [-0.15, -0.1) is 0 Å². The fourth-order valence-electron chi connectivity index (χ4n) is 3.76. The summed E-state index contributed by atoms with van der Waals surface area (Å²) in [6.07, 6.45) is 18.9. The monoisotopic (exact) mass is 366 g/mol. The van der Waals surface area contributed by atoms with E-state index in [9.17, 15) is 4.79 Å². The van der Waals surface area contributed by atoms with E-state index in [4.69, 9.17) is 4.74 Å². The van der Waals surface area contributed by atoms with Gasteiger partial charge >= 0.3 is 5.97 Å². The predicted octanol–water partition coefficient (Wildman–Crippen LogP) is 7.86. The third kappa shape index (κ3) is 13.4. The lowest BCUT2D eigenvalue weighted by Gasteiger charge is -2.33. The standard InChI is InChI=1S/C24H46O2/c1-7-9-11-13-14-16-18-20-26-22(25)24(5,6)21-23(3,4)19-17-15-12-10-8-2/h16,18H,7-15,17,19-21H2,1-6H3/b18-16-. The summed E-state index contributed by atoms with van der Waals surface area (Å²) in [6, 6.07) is 0. The van der Waals surface area contributed by atoms with Crippen LogP contribution in [0.3, 0.4) is 0 Å². The minimum absolute atomic E-state index is 0.0628. The zero-order valence-electron chi connectivity index (χ0n) is 18.7. The summed E-state index contributed by atoms with van der Waals surface area (Å²) in [7, 11) is 0. The van der Waals surface area contributed by atoms with Gasteiger partial charge in [0, 0.05) is 0 Å². The van der Waals surface area contributed by atoms with E-state index in [1.54, 1.807) is 0 Å². The molecule has 0 fully saturated rings. The molecule has 0 aliphatic rings. The van der Waals surface area contributed by atoms with E-state index >= 15 is 0 Å². The first-order valence-electron chi connectivity index (χ1n) is 11.1. The summed E-state index contributed by atoms with van der Waals surface area (Å²) in [5.41, 5.74) is -0.230. The Balaban J connectivity index is 4.10. The predicted molar refractivity (Wildman–Crippen MR) is 114 cm³/mol. The Morgan fingerprint density at radius 1 is 0.808 bits per heavy atom. The number of rotatable bonds is 16. The van der Waals surface area contributed by atoms with Crippen LogP contribution in [0.25, 0.3) is 0 Å². The highest BCUT2D eigenvalue weighted by Gasteiger charge is 2.35. The first kappa shape index (κ1) is 25.2. The second kappa shape index (κ2) is 14.3. The van der Waals surface area contributed by atoms with Crippen molar-refractivity contribution in [1.82, 2.24) is 0 Å². The fourth-order valence-corrected chi connectivity index (χ4v) is 3.76. The van der Waals surface area contributed by atoms with Gasteiger partial charge in [-0.2, -0.15) is 0 Å². The number of hydrogen-bond acceptors (Lipinski definition) is 2. The number of esters is 1. The SMILES string of the molecule is CCCCCC/C=C\COC(=O)C(C)(C)CC(C)(C)CCCCCCC. The van der Waals surface area contributed by atoms with Gasteiger partial charge in [0.25, 0.3) is 0 Å². The second-order valence-electron chi connectivity index (χ2n) is 9.31. The van der Waals surface area contributed by atoms with E-state index in [-0.39, 0.29) is 11.4 Å². The quantitative estimate of drug-likeness (QED) is 0.158. The topological polar surface area (TPSA) is 26.3 Å². The fraction of sp³-hybridized carbons (Fsp3) is 0.875. The number of hydrogen-bond donors (Lipinski definition) is 0. The largest absolute Gasteiger partial charge is 0.461 e. The van der Waals surface area contributed by atoms with Gasteiger partial charge in [-0.05, 0) is 44.9 Å². The maximum absolute atomic E-state index is 12.5. The molecule has 0 atom stereocenters. The molecule has 0 saturated heterocycles. The summed E-state index contributed by atoms with van der Waals surface area (Å²) in [6.45, 7) is 13.5. The molecule has 0 spiro atoms. The maximum Gasteiger partial charge on any atom is 0.311 e. The lowest BCUT2D eigenvalue weighted by atomic mass is 9.72. The van der Waals surface area contributed by atoms with Gasteiger partial charge in [0.05, 0.1) is 5.41 Å². The molecule has 0 aliphatic carbocycles. The average molecular weight is 367 g/mol. The van der Waals surface area contributed by atoms with Crippen LogP contribution >= 0.6 is 0 Å². The van der Waals surface area contributed by atoms with Crippen molar-refractivity contribution in [3.63, 3.8) is 0 Å². The van der Waals surface area contributed by atoms with Crippen molar-refractivity contribution in [3.05, 3.63) is 12.2 Å². The van der Waals surface area contributed by atoms with Crippen LogP contribution in [-0.4, -0.2) is 12.6 Å². The Morgan fingerprint density at radius 2 is 1.38 bits per heavy atom. The van der Waals surface area contributed by atoms with Gasteiger partial charge in [0.1, 0.15) is 6.61 Å².